The number of halogens is 1. The number of nitrogens with zero attached hydrogens (tertiary/aromatic N) is 1. The quantitative estimate of drug-likeness (QED) is 0.774. The van der Waals surface area contributed by atoms with E-state index in [1.54, 1.807) is 20.8 Å². The molecule has 1 rings (SSSR count). The topological polar surface area (TPSA) is 39.2 Å². The maximum atomic E-state index is 13.7. The molecule has 112 valence electrons. The van der Waals surface area contributed by atoms with E-state index in [9.17, 15) is 9.18 Å². The number of hydrogen-bond donors (Lipinski definition) is 0. The van der Waals surface area contributed by atoms with E-state index < -0.39 is 11.2 Å². The normalized spacial score (nSPS) is 12.3. The molecule has 0 saturated carbocycles. The van der Waals surface area contributed by atoms with Crippen molar-refractivity contribution in [3.05, 3.63) is 23.6 Å². The van der Waals surface area contributed by atoms with Crippen molar-refractivity contribution in [1.29, 1.82) is 0 Å². The minimum absolute atomic E-state index is 0.0932. The first kappa shape index (κ1) is 16.6. The van der Waals surface area contributed by atoms with Crippen LogP contribution in [0.15, 0.2) is 12.1 Å². The zero-order chi connectivity index (χ0) is 15.6. The lowest BCUT2D eigenvalue weighted by Gasteiger charge is -2.19. The Bertz CT molecular complexity index is 484. The third-order valence-electron chi connectivity index (χ3n) is 2.82. The molecule has 1 heterocycles. The van der Waals surface area contributed by atoms with Gasteiger partial charge >= 0.3 is 0 Å². The van der Waals surface area contributed by atoms with Gasteiger partial charge in [-0.2, -0.15) is 0 Å². The van der Waals surface area contributed by atoms with E-state index in [0.717, 1.165) is 6.42 Å². The molecule has 0 aromatic carbocycles. The molecule has 0 aliphatic carbocycles. The SMILES string of the molecule is CC(C)(C)CCOc1nc(C(=O)C(C)(C)C)ccc1F. The van der Waals surface area contributed by atoms with Gasteiger partial charge in [0.15, 0.2) is 11.6 Å². The number of rotatable bonds is 4. The predicted molar refractivity (Wildman–Crippen MR) is 77.5 cm³/mol. The van der Waals surface area contributed by atoms with Gasteiger partial charge in [-0.15, -0.1) is 0 Å². The first-order valence-corrected chi connectivity index (χ1v) is 6.85. The van der Waals surface area contributed by atoms with Crippen LogP contribution in [0.25, 0.3) is 0 Å². The zero-order valence-corrected chi connectivity index (χ0v) is 13.2. The van der Waals surface area contributed by atoms with Crippen molar-refractivity contribution in [2.45, 2.75) is 48.0 Å². The van der Waals surface area contributed by atoms with Crippen LogP contribution >= 0.6 is 0 Å². The van der Waals surface area contributed by atoms with Gasteiger partial charge in [0.1, 0.15) is 5.69 Å². The summed E-state index contributed by atoms with van der Waals surface area (Å²) in [5.41, 5.74) is -0.201. The third kappa shape index (κ3) is 4.91. The van der Waals surface area contributed by atoms with Crippen LogP contribution in [0.5, 0.6) is 5.88 Å². The first-order chi connectivity index (χ1) is 9.00. The van der Waals surface area contributed by atoms with Gasteiger partial charge in [-0.05, 0) is 24.0 Å². The molecule has 0 aliphatic rings. The molecule has 0 atom stereocenters. The number of ether oxygens (including phenoxy) is 1. The summed E-state index contributed by atoms with van der Waals surface area (Å²) in [5, 5.41) is 0. The van der Waals surface area contributed by atoms with Crippen LogP contribution in [0.4, 0.5) is 4.39 Å². The Labute approximate surface area is 120 Å². The summed E-state index contributed by atoms with van der Waals surface area (Å²) in [5.74, 6) is -0.758. The smallest absolute Gasteiger partial charge is 0.251 e. The molecular weight excluding hydrogens is 257 g/mol. The predicted octanol–water partition coefficient (Wildman–Crippen LogP) is 4.26. The minimum Gasteiger partial charge on any atom is -0.476 e. The van der Waals surface area contributed by atoms with E-state index in [4.69, 9.17) is 4.74 Å². The second kappa shape index (κ2) is 5.90. The molecule has 0 fully saturated rings. The van der Waals surface area contributed by atoms with E-state index in [2.05, 4.69) is 25.8 Å². The van der Waals surface area contributed by atoms with E-state index in [1.165, 1.54) is 12.1 Å². The number of carbonyl (C=O) groups excluding carboxylic acids is 1. The number of aromatic nitrogens is 1. The van der Waals surface area contributed by atoms with E-state index in [1.807, 2.05) is 0 Å². The standard InChI is InChI=1S/C16H24FNO2/c1-15(2,3)9-10-20-14-11(17)7-8-12(18-14)13(19)16(4,5)6/h7-8H,9-10H2,1-6H3. The highest BCUT2D eigenvalue weighted by atomic mass is 19.1. The van der Waals surface area contributed by atoms with Crippen molar-refractivity contribution in [3.8, 4) is 5.88 Å². The van der Waals surface area contributed by atoms with Crippen molar-refractivity contribution in [1.82, 2.24) is 4.98 Å². The van der Waals surface area contributed by atoms with Gasteiger partial charge in [-0.3, -0.25) is 4.79 Å². The van der Waals surface area contributed by atoms with Gasteiger partial charge in [0, 0.05) is 5.41 Å². The van der Waals surface area contributed by atoms with Gasteiger partial charge in [0.05, 0.1) is 6.61 Å². The molecule has 0 saturated heterocycles. The van der Waals surface area contributed by atoms with Crippen LogP contribution < -0.4 is 4.74 Å². The summed E-state index contributed by atoms with van der Waals surface area (Å²) in [4.78, 5) is 16.1. The third-order valence-corrected chi connectivity index (χ3v) is 2.82. The summed E-state index contributed by atoms with van der Waals surface area (Å²) in [6, 6.07) is 2.64. The molecule has 0 spiro atoms. The van der Waals surface area contributed by atoms with Gasteiger partial charge in [-0.1, -0.05) is 41.5 Å². The van der Waals surface area contributed by atoms with Crippen LogP contribution in [-0.4, -0.2) is 17.4 Å². The van der Waals surface area contributed by atoms with Crippen LogP contribution in [0.1, 0.15) is 58.5 Å². The van der Waals surface area contributed by atoms with Crippen LogP contribution in [0, 0.1) is 16.6 Å². The van der Waals surface area contributed by atoms with Crippen molar-refractivity contribution in [2.24, 2.45) is 10.8 Å². The number of ketones is 1. The Morgan fingerprint density at radius 3 is 2.30 bits per heavy atom. The molecule has 0 aliphatic heterocycles. The van der Waals surface area contributed by atoms with Crippen LogP contribution in [0.3, 0.4) is 0 Å². The molecule has 4 heteroatoms. The van der Waals surface area contributed by atoms with Gasteiger partial charge < -0.3 is 4.74 Å². The maximum Gasteiger partial charge on any atom is 0.251 e. The Hall–Kier alpha value is -1.45. The van der Waals surface area contributed by atoms with E-state index in [0.29, 0.717) is 6.61 Å². The molecule has 3 nitrogen and oxygen atoms in total. The fraction of sp³-hybridized carbons (Fsp3) is 0.625. The van der Waals surface area contributed by atoms with Gasteiger partial charge in [0.25, 0.3) is 5.88 Å². The largest absolute Gasteiger partial charge is 0.476 e. The molecular formula is C16H24FNO2. The average molecular weight is 281 g/mol. The van der Waals surface area contributed by atoms with Crippen molar-refractivity contribution in [3.63, 3.8) is 0 Å². The minimum atomic E-state index is -0.548. The Morgan fingerprint density at radius 2 is 1.80 bits per heavy atom. The summed E-state index contributed by atoms with van der Waals surface area (Å²) in [6.45, 7) is 12.0. The van der Waals surface area contributed by atoms with Crippen molar-refractivity contribution in [2.75, 3.05) is 6.61 Å². The number of Topliss-reactive ketones (excluding diaryl/α,β-unsaturated/α-hetero) is 1. The lowest BCUT2D eigenvalue weighted by Crippen LogP contribution is -2.22. The summed E-state index contributed by atoms with van der Waals surface area (Å²) < 4.78 is 19.0. The molecule has 0 bridgehead atoms. The number of carbonyl (C=O) groups is 1. The Morgan fingerprint density at radius 1 is 1.20 bits per heavy atom. The average Bonchev–Trinajstić information content (AvgIpc) is 2.28. The zero-order valence-electron chi connectivity index (χ0n) is 13.2. The molecule has 0 N–H and O–H groups in total. The fourth-order valence-electron chi connectivity index (χ4n) is 1.49. The van der Waals surface area contributed by atoms with Gasteiger partial charge in [-0.25, -0.2) is 9.37 Å². The monoisotopic (exact) mass is 281 g/mol. The lowest BCUT2D eigenvalue weighted by atomic mass is 9.89. The Balaban J connectivity index is 2.85. The summed E-state index contributed by atoms with van der Waals surface area (Å²) in [7, 11) is 0. The molecule has 0 unspecified atom stereocenters. The lowest BCUT2D eigenvalue weighted by molar-refractivity contribution is 0.0851. The maximum absolute atomic E-state index is 13.7. The number of pyridine rings is 1. The van der Waals surface area contributed by atoms with Gasteiger partial charge in [0.2, 0.25) is 0 Å². The van der Waals surface area contributed by atoms with Crippen molar-refractivity contribution < 1.29 is 13.9 Å². The van der Waals surface area contributed by atoms with Crippen molar-refractivity contribution >= 4 is 5.78 Å². The molecule has 0 amide bonds. The number of hydrogen-bond acceptors (Lipinski definition) is 3. The Kier molecular flexibility index (Phi) is 4.90. The molecule has 20 heavy (non-hydrogen) atoms. The van der Waals surface area contributed by atoms with Crippen LogP contribution in [-0.2, 0) is 0 Å². The second-order valence-corrected chi connectivity index (χ2v) is 7.22. The molecule has 0 radical (unpaired) electrons. The highest BCUT2D eigenvalue weighted by molar-refractivity contribution is 5.98. The highest BCUT2D eigenvalue weighted by Crippen LogP contribution is 2.23. The second-order valence-electron chi connectivity index (χ2n) is 7.22. The molecule has 1 aromatic heterocycles. The first-order valence-electron chi connectivity index (χ1n) is 6.85. The highest BCUT2D eigenvalue weighted by Gasteiger charge is 2.25. The summed E-state index contributed by atoms with van der Waals surface area (Å²) >= 11 is 0. The van der Waals surface area contributed by atoms with Crippen LogP contribution in [0.2, 0.25) is 0 Å². The van der Waals surface area contributed by atoms with E-state index >= 15 is 0 Å². The summed E-state index contributed by atoms with van der Waals surface area (Å²) in [6.07, 6.45) is 0.783. The van der Waals surface area contributed by atoms with E-state index in [-0.39, 0.29) is 22.8 Å². The fourth-order valence-corrected chi connectivity index (χ4v) is 1.49. The molecule has 1 aromatic rings.